The summed E-state index contributed by atoms with van der Waals surface area (Å²) < 4.78 is 0. The van der Waals surface area contributed by atoms with Crippen LogP contribution in [0, 0.1) is 0 Å². The minimum absolute atomic E-state index is 0. The van der Waals surface area contributed by atoms with Crippen molar-refractivity contribution in [3.05, 3.63) is 52.0 Å². The number of carbonyl (C=O) groups excluding carboxylic acids is 1. The number of aromatic nitrogens is 1. The van der Waals surface area contributed by atoms with Crippen molar-refractivity contribution < 1.29 is 4.79 Å². The molecule has 1 amide bonds. The van der Waals surface area contributed by atoms with Gasteiger partial charge in [0, 0.05) is 31.4 Å². The molecule has 0 spiro atoms. The van der Waals surface area contributed by atoms with Gasteiger partial charge in [-0.25, -0.2) is 4.98 Å². The van der Waals surface area contributed by atoms with Crippen molar-refractivity contribution in [3.8, 4) is 0 Å². The fourth-order valence-corrected chi connectivity index (χ4v) is 3.38. The van der Waals surface area contributed by atoms with Gasteiger partial charge in [-0.1, -0.05) is 30.3 Å². The number of benzene rings is 1. The molecule has 7 heteroatoms. The lowest BCUT2D eigenvalue weighted by molar-refractivity contribution is 0.0738. The Morgan fingerprint density at radius 1 is 1.35 bits per heavy atom. The summed E-state index contributed by atoms with van der Waals surface area (Å²) in [7, 11) is 1.87. The van der Waals surface area contributed by atoms with Gasteiger partial charge < -0.3 is 10.2 Å². The molecular weight excluding hydrogens is 353 g/mol. The largest absolute Gasteiger partial charge is 0.336 e. The average Bonchev–Trinajstić information content (AvgIpc) is 3.18. The van der Waals surface area contributed by atoms with Gasteiger partial charge in [0.1, 0.15) is 5.69 Å². The van der Waals surface area contributed by atoms with Crippen LogP contribution in [-0.2, 0) is 6.42 Å². The lowest BCUT2D eigenvalue weighted by atomic mass is 10.2. The molecule has 4 nitrogen and oxygen atoms in total. The van der Waals surface area contributed by atoms with E-state index in [1.165, 1.54) is 5.56 Å². The van der Waals surface area contributed by atoms with Gasteiger partial charge in [0.15, 0.2) is 0 Å². The van der Waals surface area contributed by atoms with Crippen molar-refractivity contribution in [1.29, 1.82) is 0 Å². The third kappa shape index (κ3) is 4.91. The van der Waals surface area contributed by atoms with Crippen LogP contribution in [0.15, 0.2) is 35.7 Å². The van der Waals surface area contributed by atoms with Crippen LogP contribution >= 0.6 is 36.2 Å². The van der Waals surface area contributed by atoms with Crippen LogP contribution < -0.4 is 5.32 Å². The first kappa shape index (κ1) is 19.9. The summed E-state index contributed by atoms with van der Waals surface area (Å²) in [6.45, 7) is 1.86. The Morgan fingerprint density at radius 2 is 2.09 bits per heavy atom. The standard InChI is InChI=1S/C16H19N3OS.2ClH/c1-19(13-7-8-17-10-13)16(20)14-11-21-15(18-14)9-12-5-3-2-4-6-12;;/h2-6,11,13,17H,7-10H2,1H3;2*1H. The van der Waals surface area contributed by atoms with Gasteiger partial charge in [-0.3, -0.25) is 4.79 Å². The molecule has 1 aliphatic rings. The molecule has 0 saturated carbocycles. The minimum atomic E-state index is 0. The number of carbonyl (C=O) groups is 1. The Morgan fingerprint density at radius 3 is 2.74 bits per heavy atom. The van der Waals surface area contributed by atoms with Gasteiger partial charge in [-0.15, -0.1) is 36.2 Å². The van der Waals surface area contributed by atoms with Gasteiger partial charge in [-0.05, 0) is 18.5 Å². The molecule has 3 rings (SSSR count). The molecule has 1 aromatic carbocycles. The van der Waals surface area contributed by atoms with Gasteiger partial charge in [0.05, 0.1) is 5.01 Å². The highest BCUT2D eigenvalue weighted by molar-refractivity contribution is 7.09. The zero-order valence-electron chi connectivity index (χ0n) is 12.9. The van der Waals surface area contributed by atoms with Crippen LogP contribution in [0.5, 0.6) is 0 Å². The zero-order chi connectivity index (χ0) is 14.7. The summed E-state index contributed by atoms with van der Waals surface area (Å²) in [5.74, 6) is 0.0271. The monoisotopic (exact) mass is 373 g/mol. The van der Waals surface area contributed by atoms with E-state index >= 15 is 0 Å². The lowest BCUT2D eigenvalue weighted by Crippen LogP contribution is -2.38. The van der Waals surface area contributed by atoms with Crippen molar-refractivity contribution >= 4 is 42.1 Å². The first-order chi connectivity index (χ1) is 10.2. The predicted molar refractivity (Wildman–Crippen MR) is 99.2 cm³/mol. The SMILES string of the molecule is CN(C(=O)c1csc(Cc2ccccc2)n1)C1CCNC1.Cl.Cl. The summed E-state index contributed by atoms with van der Waals surface area (Å²) in [5.41, 5.74) is 1.79. The molecule has 1 aromatic heterocycles. The number of hydrogen-bond donors (Lipinski definition) is 1. The van der Waals surface area contributed by atoms with Crippen LogP contribution in [0.4, 0.5) is 0 Å². The number of nitrogens with zero attached hydrogens (tertiary/aromatic N) is 2. The fraction of sp³-hybridized carbons (Fsp3) is 0.375. The number of thiazole rings is 1. The molecule has 1 N–H and O–H groups in total. The molecule has 1 fully saturated rings. The molecule has 1 atom stereocenters. The number of amides is 1. The van der Waals surface area contributed by atoms with Gasteiger partial charge in [-0.2, -0.15) is 0 Å². The molecule has 2 aromatic rings. The molecule has 1 saturated heterocycles. The second kappa shape index (κ2) is 9.23. The molecule has 2 heterocycles. The van der Waals surface area contributed by atoms with E-state index in [4.69, 9.17) is 0 Å². The fourth-order valence-electron chi connectivity index (χ4n) is 2.58. The van der Waals surface area contributed by atoms with Crippen molar-refractivity contribution in [2.45, 2.75) is 18.9 Å². The molecule has 0 bridgehead atoms. The van der Waals surface area contributed by atoms with Gasteiger partial charge in [0.2, 0.25) is 0 Å². The van der Waals surface area contributed by atoms with E-state index in [9.17, 15) is 4.79 Å². The Hall–Kier alpha value is -1.14. The first-order valence-corrected chi connectivity index (χ1v) is 8.08. The first-order valence-electron chi connectivity index (χ1n) is 7.20. The summed E-state index contributed by atoms with van der Waals surface area (Å²) in [4.78, 5) is 18.8. The lowest BCUT2D eigenvalue weighted by Gasteiger charge is -2.22. The van der Waals surface area contributed by atoms with Crippen molar-refractivity contribution in [2.24, 2.45) is 0 Å². The van der Waals surface area contributed by atoms with Crippen molar-refractivity contribution in [3.63, 3.8) is 0 Å². The Labute approximate surface area is 153 Å². The second-order valence-corrected chi connectivity index (χ2v) is 6.29. The number of nitrogens with one attached hydrogen (secondary N) is 1. The van der Waals surface area contributed by atoms with Gasteiger partial charge >= 0.3 is 0 Å². The summed E-state index contributed by atoms with van der Waals surface area (Å²) in [6.07, 6.45) is 1.80. The normalized spacial score (nSPS) is 16.3. The maximum absolute atomic E-state index is 12.4. The van der Waals surface area contributed by atoms with E-state index in [0.717, 1.165) is 30.9 Å². The van der Waals surface area contributed by atoms with E-state index < -0.39 is 0 Å². The Balaban J connectivity index is 0.00000132. The molecule has 126 valence electrons. The van der Waals surface area contributed by atoms with Crippen LogP contribution in [-0.4, -0.2) is 42.0 Å². The van der Waals surface area contributed by atoms with Crippen molar-refractivity contribution in [1.82, 2.24) is 15.2 Å². The van der Waals surface area contributed by atoms with Crippen molar-refractivity contribution in [2.75, 3.05) is 20.1 Å². The number of hydrogen-bond acceptors (Lipinski definition) is 4. The Bertz CT molecular complexity index is 615. The average molecular weight is 374 g/mol. The molecule has 0 radical (unpaired) electrons. The molecule has 23 heavy (non-hydrogen) atoms. The van der Waals surface area contributed by atoms with Crippen LogP contribution in [0.3, 0.4) is 0 Å². The van der Waals surface area contributed by atoms with E-state index in [1.54, 1.807) is 11.3 Å². The van der Waals surface area contributed by atoms with E-state index in [1.807, 2.05) is 35.5 Å². The van der Waals surface area contributed by atoms with Crippen LogP contribution in [0.1, 0.15) is 27.5 Å². The summed E-state index contributed by atoms with van der Waals surface area (Å²) >= 11 is 1.56. The van der Waals surface area contributed by atoms with Gasteiger partial charge in [0.25, 0.3) is 5.91 Å². The van der Waals surface area contributed by atoms with Crippen LogP contribution in [0.2, 0.25) is 0 Å². The Kier molecular flexibility index (Phi) is 7.99. The van der Waals surface area contributed by atoms with E-state index in [0.29, 0.717) is 5.69 Å². The van der Waals surface area contributed by atoms with Crippen LogP contribution in [0.25, 0.3) is 0 Å². The van der Waals surface area contributed by atoms with E-state index in [2.05, 4.69) is 22.4 Å². The second-order valence-electron chi connectivity index (χ2n) is 5.35. The maximum atomic E-state index is 12.4. The third-order valence-electron chi connectivity index (χ3n) is 3.87. The molecular formula is C16H21Cl2N3OS. The molecule has 1 unspecified atom stereocenters. The highest BCUT2D eigenvalue weighted by Gasteiger charge is 2.25. The maximum Gasteiger partial charge on any atom is 0.273 e. The minimum Gasteiger partial charge on any atom is -0.336 e. The zero-order valence-corrected chi connectivity index (χ0v) is 15.3. The smallest absolute Gasteiger partial charge is 0.273 e. The quantitative estimate of drug-likeness (QED) is 0.895. The summed E-state index contributed by atoms with van der Waals surface area (Å²) in [6, 6.07) is 10.5. The number of rotatable bonds is 4. The topological polar surface area (TPSA) is 45.2 Å². The number of likely N-dealkylation sites (N-methyl/N-ethyl adjacent to an activating group) is 1. The predicted octanol–water partition coefficient (Wildman–Crippen LogP) is 3.01. The number of halogens is 2. The van der Waals surface area contributed by atoms with E-state index in [-0.39, 0.29) is 36.8 Å². The highest BCUT2D eigenvalue weighted by atomic mass is 35.5. The molecule has 1 aliphatic heterocycles. The highest BCUT2D eigenvalue weighted by Crippen LogP contribution is 2.17. The summed E-state index contributed by atoms with van der Waals surface area (Å²) in [5, 5.41) is 6.15. The third-order valence-corrected chi connectivity index (χ3v) is 4.72. The molecule has 0 aliphatic carbocycles.